The first-order chi connectivity index (χ1) is 9.51. The summed E-state index contributed by atoms with van der Waals surface area (Å²) < 4.78 is 0. The molecule has 4 heteroatoms. The van der Waals surface area contributed by atoms with Crippen LogP contribution < -0.4 is 10.6 Å². The molecule has 1 fully saturated rings. The van der Waals surface area contributed by atoms with E-state index in [0.717, 1.165) is 30.2 Å². The number of thiocarbonyl (C=S) groups is 1. The summed E-state index contributed by atoms with van der Waals surface area (Å²) >= 11 is 5.16. The van der Waals surface area contributed by atoms with Crippen molar-refractivity contribution in [3.63, 3.8) is 0 Å². The summed E-state index contributed by atoms with van der Waals surface area (Å²) in [6.45, 7) is 8.73. The molecule has 3 nitrogen and oxygen atoms in total. The minimum atomic E-state index is 0.440. The molecule has 0 spiro atoms. The largest absolute Gasteiger partial charge is 0.389 e. The van der Waals surface area contributed by atoms with Crippen molar-refractivity contribution in [3.8, 4) is 0 Å². The Morgan fingerprint density at radius 1 is 1.30 bits per heavy atom. The van der Waals surface area contributed by atoms with Crippen molar-refractivity contribution >= 4 is 23.0 Å². The number of aryl methyl sites for hydroxylation is 1. The molecule has 0 amide bonds. The van der Waals surface area contributed by atoms with Gasteiger partial charge in [-0.25, -0.2) is 4.98 Å². The number of anilines is 1. The molecule has 0 radical (unpaired) electrons. The molecule has 0 atom stereocenters. The van der Waals surface area contributed by atoms with Gasteiger partial charge < -0.3 is 10.6 Å². The molecule has 20 heavy (non-hydrogen) atoms. The minimum Gasteiger partial charge on any atom is -0.389 e. The second-order valence-corrected chi connectivity index (χ2v) is 6.32. The first-order valence-electron chi connectivity index (χ1n) is 7.54. The number of hydrogen-bond donors (Lipinski definition) is 1. The molecule has 2 heterocycles. The maximum Gasteiger partial charge on any atom is 0.139 e. The van der Waals surface area contributed by atoms with Crippen LogP contribution in [-0.4, -0.2) is 23.1 Å². The first kappa shape index (κ1) is 15.2. The number of pyridine rings is 1. The first-order valence-corrected chi connectivity index (χ1v) is 7.94. The number of nitrogens with zero attached hydrogens (tertiary/aromatic N) is 2. The van der Waals surface area contributed by atoms with Crippen molar-refractivity contribution in [2.75, 3.05) is 18.0 Å². The topological polar surface area (TPSA) is 42.2 Å². The highest BCUT2D eigenvalue weighted by atomic mass is 32.1. The van der Waals surface area contributed by atoms with E-state index in [2.05, 4.69) is 23.7 Å². The summed E-state index contributed by atoms with van der Waals surface area (Å²) in [6, 6.07) is 3.98. The molecule has 2 rings (SSSR count). The Kier molecular flexibility index (Phi) is 4.63. The van der Waals surface area contributed by atoms with E-state index in [-0.39, 0.29) is 0 Å². The molecule has 0 saturated carbocycles. The van der Waals surface area contributed by atoms with Gasteiger partial charge in [0, 0.05) is 18.8 Å². The highest BCUT2D eigenvalue weighted by Gasteiger charge is 2.32. The van der Waals surface area contributed by atoms with Crippen LogP contribution in [0.15, 0.2) is 12.1 Å². The zero-order chi connectivity index (χ0) is 14.8. The summed E-state index contributed by atoms with van der Waals surface area (Å²) in [5, 5.41) is 0. The van der Waals surface area contributed by atoms with Gasteiger partial charge in [0.2, 0.25) is 0 Å². The fourth-order valence-electron chi connectivity index (χ4n) is 3.13. The molecule has 0 unspecified atom stereocenters. The smallest absolute Gasteiger partial charge is 0.139 e. The lowest BCUT2D eigenvalue weighted by Crippen LogP contribution is -2.41. The highest BCUT2D eigenvalue weighted by molar-refractivity contribution is 7.80. The van der Waals surface area contributed by atoms with Crippen molar-refractivity contribution < 1.29 is 0 Å². The van der Waals surface area contributed by atoms with E-state index in [9.17, 15) is 0 Å². The fourth-order valence-corrected chi connectivity index (χ4v) is 3.29. The summed E-state index contributed by atoms with van der Waals surface area (Å²) in [5.41, 5.74) is 8.28. The van der Waals surface area contributed by atoms with Crippen LogP contribution in [0.25, 0.3) is 0 Å². The summed E-state index contributed by atoms with van der Waals surface area (Å²) in [4.78, 5) is 7.47. The molecule has 110 valence electrons. The Balaban J connectivity index is 2.22. The van der Waals surface area contributed by atoms with E-state index in [1.54, 1.807) is 0 Å². The van der Waals surface area contributed by atoms with Gasteiger partial charge in [0.25, 0.3) is 0 Å². The number of hydrogen-bond acceptors (Lipinski definition) is 3. The number of piperidine rings is 1. The van der Waals surface area contributed by atoms with Gasteiger partial charge in [-0.2, -0.15) is 0 Å². The highest BCUT2D eigenvalue weighted by Crippen LogP contribution is 2.39. The van der Waals surface area contributed by atoms with Gasteiger partial charge >= 0.3 is 0 Å². The predicted octanol–water partition coefficient (Wildman–Crippen LogP) is 3.43. The molecule has 1 aliphatic rings. The standard InChI is InChI=1S/C16H25N3S/c1-4-16(5-2)8-10-19(11-9-16)15-13(14(17)20)7-6-12(3)18-15/h6-7H,4-5,8-11H2,1-3H3,(H2,17,20). The third-order valence-electron chi connectivity index (χ3n) is 4.90. The average Bonchev–Trinajstić information content (AvgIpc) is 2.47. The molecule has 2 N–H and O–H groups in total. The third kappa shape index (κ3) is 2.95. The lowest BCUT2D eigenvalue weighted by molar-refractivity contribution is 0.199. The van der Waals surface area contributed by atoms with Gasteiger partial charge in [-0.15, -0.1) is 0 Å². The second-order valence-electron chi connectivity index (χ2n) is 5.88. The lowest BCUT2D eigenvalue weighted by atomic mass is 9.74. The van der Waals surface area contributed by atoms with Gasteiger partial charge in [0.05, 0.1) is 5.56 Å². The predicted molar refractivity (Wildman–Crippen MR) is 89.3 cm³/mol. The molecule has 1 aromatic heterocycles. The van der Waals surface area contributed by atoms with Gasteiger partial charge in [0.15, 0.2) is 0 Å². The number of aromatic nitrogens is 1. The minimum absolute atomic E-state index is 0.440. The van der Waals surface area contributed by atoms with Crippen LogP contribution in [0, 0.1) is 12.3 Å². The van der Waals surface area contributed by atoms with Crippen LogP contribution in [0.3, 0.4) is 0 Å². The van der Waals surface area contributed by atoms with Crippen LogP contribution in [0.2, 0.25) is 0 Å². The molecular weight excluding hydrogens is 266 g/mol. The Labute approximate surface area is 127 Å². The molecule has 1 aliphatic heterocycles. The van der Waals surface area contributed by atoms with Crippen LogP contribution in [0.5, 0.6) is 0 Å². The maximum absolute atomic E-state index is 5.84. The summed E-state index contributed by atoms with van der Waals surface area (Å²) in [7, 11) is 0. The number of nitrogens with two attached hydrogens (primary N) is 1. The van der Waals surface area contributed by atoms with Gasteiger partial charge in [-0.05, 0) is 37.3 Å². The molecule has 0 aliphatic carbocycles. The van der Waals surface area contributed by atoms with Crippen molar-refractivity contribution in [2.24, 2.45) is 11.1 Å². The van der Waals surface area contributed by atoms with Crippen molar-refractivity contribution in [3.05, 3.63) is 23.4 Å². The molecule has 0 bridgehead atoms. The van der Waals surface area contributed by atoms with E-state index < -0.39 is 0 Å². The lowest BCUT2D eigenvalue weighted by Gasteiger charge is -2.42. The fraction of sp³-hybridized carbons (Fsp3) is 0.625. The van der Waals surface area contributed by atoms with E-state index in [0.29, 0.717) is 10.4 Å². The normalized spacial score (nSPS) is 18.1. The summed E-state index contributed by atoms with van der Waals surface area (Å²) in [6.07, 6.45) is 4.99. The molecule has 1 aromatic rings. The van der Waals surface area contributed by atoms with E-state index in [1.807, 2.05) is 19.1 Å². The second kappa shape index (κ2) is 6.08. The number of rotatable bonds is 4. The molecule has 0 aromatic carbocycles. The van der Waals surface area contributed by atoms with E-state index in [4.69, 9.17) is 18.0 Å². The maximum atomic E-state index is 5.84. The van der Waals surface area contributed by atoms with E-state index >= 15 is 0 Å². The van der Waals surface area contributed by atoms with Crippen molar-refractivity contribution in [2.45, 2.75) is 46.5 Å². The zero-order valence-corrected chi connectivity index (χ0v) is 13.6. The SMILES string of the molecule is CCC1(CC)CCN(c2nc(C)ccc2C(N)=S)CC1. The quantitative estimate of drug-likeness (QED) is 0.863. The summed E-state index contributed by atoms with van der Waals surface area (Å²) in [5.74, 6) is 0.971. The van der Waals surface area contributed by atoms with Crippen LogP contribution in [0.4, 0.5) is 5.82 Å². The molecular formula is C16H25N3S. The zero-order valence-electron chi connectivity index (χ0n) is 12.8. The Morgan fingerprint density at radius 2 is 1.90 bits per heavy atom. The molecule has 1 saturated heterocycles. The van der Waals surface area contributed by atoms with Crippen molar-refractivity contribution in [1.82, 2.24) is 4.98 Å². The van der Waals surface area contributed by atoms with Gasteiger partial charge in [-0.1, -0.05) is 38.9 Å². The van der Waals surface area contributed by atoms with Crippen LogP contribution >= 0.6 is 12.2 Å². The average molecular weight is 291 g/mol. The van der Waals surface area contributed by atoms with E-state index in [1.165, 1.54) is 25.7 Å². The Bertz CT molecular complexity index is 484. The van der Waals surface area contributed by atoms with Crippen molar-refractivity contribution in [1.29, 1.82) is 0 Å². The van der Waals surface area contributed by atoms with Crippen LogP contribution in [-0.2, 0) is 0 Å². The Hall–Kier alpha value is -1.16. The van der Waals surface area contributed by atoms with Gasteiger partial charge in [-0.3, -0.25) is 0 Å². The Morgan fingerprint density at radius 3 is 2.40 bits per heavy atom. The monoisotopic (exact) mass is 291 g/mol. The van der Waals surface area contributed by atoms with Crippen LogP contribution in [0.1, 0.15) is 50.8 Å². The van der Waals surface area contributed by atoms with Gasteiger partial charge in [0.1, 0.15) is 10.8 Å². The third-order valence-corrected chi connectivity index (χ3v) is 5.12.